The van der Waals surface area contributed by atoms with Gasteiger partial charge in [-0.25, -0.2) is 4.39 Å². The number of aliphatic hydroxyl groups is 1. The zero-order valence-corrected chi connectivity index (χ0v) is 61.2. The average Bonchev–Trinajstić information content (AvgIpc) is 1.62. The molecule has 10 atom stereocenters. The summed E-state index contributed by atoms with van der Waals surface area (Å²) in [6, 6.07) is 13.8. The number of nitrogens with zero attached hydrogens (tertiary/aromatic N) is 5. The van der Waals surface area contributed by atoms with Crippen molar-refractivity contribution in [2.24, 2.45) is 16.1 Å². The van der Waals surface area contributed by atoms with Crippen molar-refractivity contribution >= 4 is 76.4 Å². The zero-order chi connectivity index (χ0) is 77.7. The Balaban J connectivity index is 1.11. The van der Waals surface area contributed by atoms with E-state index in [0.717, 1.165) is 28.9 Å². The SMILES string of the molecule is C=CN1Cc2cccc(c2)C[C@@H](NC(=O)[C@@H]2NC(=O)[C@@H](NC(=O)CCC(=O)NCc3ccc(CCNC=O)cc3)CNC(=O)CCOC2COCCN)C(=O)N[C@H](Cc2c[nH]c3ccc(F)cc23)C(=O)N2CC[C@@H](OCN=N1)[C@H]2C(=O)N[C@H](C(=O)N[C@@H](Cc1ccc(OC)cc1)C(=O)N(C)CCCCC)[C@H](C)O. The van der Waals surface area contributed by atoms with Gasteiger partial charge in [-0.3, -0.25) is 57.7 Å². The molecule has 0 saturated carbocycles. The van der Waals surface area contributed by atoms with E-state index in [-0.39, 0.29) is 77.9 Å². The normalized spacial score (nSPS) is 20.3. The first-order chi connectivity index (χ1) is 52.1. The highest BCUT2D eigenvalue weighted by Gasteiger charge is 2.47. The molecule has 2 saturated heterocycles. The van der Waals surface area contributed by atoms with Gasteiger partial charge in [-0.1, -0.05) is 92.2 Å². The first-order valence-electron chi connectivity index (χ1n) is 36.2. The molecular formula is C75H99FN16O16. The van der Waals surface area contributed by atoms with Gasteiger partial charge >= 0.3 is 0 Å². The van der Waals surface area contributed by atoms with Crippen molar-refractivity contribution in [2.45, 2.75) is 158 Å². The number of aromatic nitrogens is 1. The molecule has 32 nitrogen and oxygen atoms in total. The van der Waals surface area contributed by atoms with Crippen molar-refractivity contribution in [3.63, 3.8) is 0 Å². The minimum Gasteiger partial charge on any atom is -0.497 e. The molecule has 2 fully saturated rings. The number of likely N-dealkylation sites (N-methyl/N-ethyl adjacent to an activating group) is 1. The van der Waals surface area contributed by atoms with Gasteiger partial charge in [-0.05, 0) is 89.9 Å². The third-order valence-corrected chi connectivity index (χ3v) is 18.6. The first-order valence-corrected chi connectivity index (χ1v) is 36.2. The second-order valence-corrected chi connectivity index (χ2v) is 26.6. The second kappa shape index (κ2) is 42.0. The predicted molar refractivity (Wildman–Crippen MR) is 392 cm³/mol. The summed E-state index contributed by atoms with van der Waals surface area (Å²) < 4.78 is 38.8. The Morgan fingerprint density at radius 3 is 2.36 bits per heavy atom. The lowest BCUT2D eigenvalue weighted by atomic mass is 9.99. The van der Waals surface area contributed by atoms with Crippen LogP contribution in [0.3, 0.4) is 0 Å². The minimum atomic E-state index is -1.78. The number of carbonyl (C=O) groups is 11. The highest BCUT2D eigenvalue weighted by atomic mass is 19.1. The number of carbonyl (C=O) groups excluding carboxylic acids is 11. The quantitative estimate of drug-likeness (QED) is 0.0209. The number of aromatic amines is 1. The maximum absolute atomic E-state index is 15.9. The van der Waals surface area contributed by atoms with Gasteiger partial charge in [0.25, 0.3) is 0 Å². The highest BCUT2D eigenvalue weighted by Crippen LogP contribution is 2.27. The molecule has 0 radical (unpaired) electrons. The molecule has 582 valence electrons. The van der Waals surface area contributed by atoms with E-state index in [1.165, 1.54) is 54.5 Å². The van der Waals surface area contributed by atoms with E-state index in [1.54, 1.807) is 55.6 Å². The van der Waals surface area contributed by atoms with E-state index in [0.29, 0.717) is 71.2 Å². The number of rotatable bonds is 32. The molecule has 4 heterocycles. The molecule has 3 aliphatic rings. The highest BCUT2D eigenvalue weighted by molar-refractivity contribution is 5.99. The van der Waals surface area contributed by atoms with E-state index >= 15 is 23.6 Å². The molecule has 33 heteroatoms. The van der Waals surface area contributed by atoms with Gasteiger partial charge in [0.2, 0.25) is 65.5 Å². The van der Waals surface area contributed by atoms with E-state index in [4.69, 9.17) is 24.7 Å². The topological polar surface area (TPSA) is 429 Å². The van der Waals surface area contributed by atoms with Crippen LogP contribution in [0.1, 0.15) is 92.2 Å². The van der Waals surface area contributed by atoms with Gasteiger partial charge < -0.3 is 92.4 Å². The second-order valence-electron chi connectivity index (χ2n) is 26.6. The number of aliphatic hydroxyl groups excluding tert-OH is 1. The number of ether oxygens (including phenoxy) is 4. The molecule has 4 aromatic carbocycles. The smallest absolute Gasteiger partial charge is 0.246 e. The summed E-state index contributed by atoms with van der Waals surface area (Å²) in [6.45, 7) is 6.26. The Morgan fingerprint density at radius 2 is 1.63 bits per heavy atom. The van der Waals surface area contributed by atoms with Crippen LogP contribution in [0.5, 0.6) is 5.75 Å². The van der Waals surface area contributed by atoms with Crippen LogP contribution >= 0.6 is 0 Å². The fourth-order valence-corrected chi connectivity index (χ4v) is 12.7. The van der Waals surface area contributed by atoms with Crippen molar-refractivity contribution in [1.29, 1.82) is 0 Å². The summed E-state index contributed by atoms with van der Waals surface area (Å²) in [6.07, 6.45) is 0.587. The van der Waals surface area contributed by atoms with Gasteiger partial charge in [0, 0.05) is 108 Å². The van der Waals surface area contributed by atoms with Crippen molar-refractivity contribution in [1.82, 2.24) is 67.6 Å². The molecule has 8 rings (SSSR count). The molecule has 0 aliphatic carbocycles. The molecule has 11 amide bonds. The molecule has 5 aromatic rings. The Labute approximate surface area is 625 Å². The number of nitrogens with one attached hydrogen (secondary N) is 10. The summed E-state index contributed by atoms with van der Waals surface area (Å²) in [4.78, 5) is 162. The Kier molecular flexibility index (Phi) is 32.2. The molecule has 4 bridgehead atoms. The molecule has 13 N–H and O–H groups in total. The predicted octanol–water partition coefficient (Wildman–Crippen LogP) is 0.817. The van der Waals surface area contributed by atoms with Crippen LogP contribution in [0.4, 0.5) is 4.39 Å². The van der Waals surface area contributed by atoms with E-state index in [1.807, 2.05) is 31.2 Å². The van der Waals surface area contributed by atoms with Gasteiger partial charge in [0.15, 0.2) is 6.73 Å². The number of fused-ring (bicyclic) bond motifs is 5. The van der Waals surface area contributed by atoms with Crippen LogP contribution in [0.2, 0.25) is 0 Å². The average molecular weight is 1500 g/mol. The summed E-state index contributed by atoms with van der Waals surface area (Å²) in [5.41, 5.74) is 10.0. The maximum Gasteiger partial charge on any atom is 0.246 e. The van der Waals surface area contributed by atoms with Gasteiger partial charge in [0.1, 0.15) is 60.0 Å². The number of hydrogen-bond donors (Lipinski definition) is 12. The summed E-state index contributed by atoms with van der Waals surface area (Å²) in [5.74, 6) is -8.24. The summed E-state index contributed by atoms with van der Waals surface area (Å²) >= 11 is 0. The lowest BCUT2D eigenvalue weighted by molar-refractivity contribution is -0.146. The molecule has 1 unspecified atom stereocenters. The molecule has 1 aromatic heterocycles. The van der Waals surface area contributed by atoms with E-state index in [9.17, 15) is 38.7 Å². The van der Waals surface area contributed by atoms with Crippen LogP contribution in [0.25, 0.3) is 10.9 Å². The molecular weight excluding hydrogens is 1400 g/mol. The van der Waals surface area contributed by atoms with Crippen molar-refractivity contribution in [3.8, 4) is 5.75 Å². The fourth-order valence-electron chi connectivity index (χ4n) is 12.7. The van der Waals surface area contributed by atoms with Crippen molar-refractivity contribution in [2.75, 3.05) is 73.4 Å². The number of hydrogen-bond acceptors (Lipinski definition) is 20. The third kappa shape index (κ3) is 24.7. The van der Waals surface area contributed by atoms with Crippen LogP contribution in [-0.2, 0) is 106 Å². The standard InChI is InChI=1S/C75H99FN16O16/c1-6-8-9-30-90(4)74(103)58(35-48-17-20-54(105-5)21-18-48)86-71(100)66(46(3)94)87-73(102)68-61-26-31-92(68)75(104)59(37-52-40-79-56-22-19-53(76)38-55(52)56)85-69(98)57(36-50-11-10-12-51(34-50)42-91(7-2)89-82-45-108-61)84-72(101)67-62(43-106-33-28-77)107-32-27-64(96)81-41-60(70(99)88-67)83-65(97)24-23-63(95)80-39-49-15-13-47(14-16-49)25-29-78-44-93/h7,10-22,34,38,40,44,46,57-62,66-68,79,94H,2,6,8-9,23-33,35-37,39,41-43,45,77H2,1,3-5H3,(H,78,93)(H,80,95)(H,81,96)(H,83,97)(H,84,101)(H,85,98)(H,86,100)(H,87,102)(H,88,99)/t46-,57+,58-,59+,60-,61+,62?,66-,67+,68-/m0/s1. The van der Waals surface area contributed by atoms with Crippen LogP contribution in [0, 0.1) is 5.82 Å². The van der Waals surface area contributed by atoms with Gasteiger partial charge in [0.05, 0.1) is 45.7 Å². The van der Waals surface area contributed by atoms with E-state index in [2.05, 4.69) is 69.8 Å². The zero-order valence-electron chi connectivity index (χ0n) is 61.2. The molecule has 0 spiro atoms. The van der Waals surface area contributed by atoms with Gasteiger partial charge in [-0.2, -0.15) is 0 Å². The monoisotopic (exact) mass is 1500 g/mol. The van der Waals surface area contributed by atoms with Gasteiger partial charge in [-0.15, -0.1) is 5.11 Å². The largest absolute Gasteiger partial charge is 0.497 e. The van der Waals surface area contributed by atoms with Crippen molar-refractivity contribution in [3.05, 3.63) is 149 Å². The third-order valence-electron chi connectivity index (χ3n) is 18.6. The Hall–Kier alpha value is -10.7. The number of halogens is 1. The number of methoxy groups -OCH3 is 1. The fraction of sp³-hybridized carbons (Fsp3) is 0.480. The number of H-pyrrole nitrogens is 1. The van der Waals surface area contributed by atoms with E-state index < -0.39 is 152 Å². The number of benzene rings is 4. The number of amides is 11. The Morgan fingerprint density at radius 1 is 0.889 bits per heavy atom. The maximum atomic E-state index is 15.9. The van der Waals surface area contributed by atoms with Crippen LogP contribution < -0.4 is 58.3 Å². The lowest BCUT2D eigenvalue weighted by Crippen LogP contribution is -2.64. The molecule has 3 aliphatic heterocycles. The number of nitrogens with two attached hydrogens (primary N) is 1. The first kappa shape index (κ1) is 82.9. The minimum absolute atomic E-state index is 0.00682. The molecule has 108 heavy (non-hydrogen) atoms. The van der Waals surface area contributed by atoms with Crippen LogP contribution in [-0.4, -0.2) is 224 Å². The van der Waals surface area contributed by atoms with Crippen molar-refractivity contribution < 1.29 is 81.2 Å². The lowest BCUT2D eigenvalue weighted by Gasteiger charge is -2.33. The Bertz CT molecular complexity index is 3940. The number of unbranched alkanes of at least 4 members (excludes halogenated alkanes) is 2. The van der Waals surface area contributed by atoms with Crippen LogP contribution in [0.15, 0.2) is 120 Å². The summed E-state index contributed by atoms with van der Waals surface area (Å²) in [7, 11) is 3.13. The summed E-state index contributed by atoms with van der Waals surface area (Å²) in [5, 5.41) is 45.9.